The molecule has 37 heavy (non-hydrogen) atoms. The van der Waals surface area contributed by atoms with Crippen LogP contribution in [0.4, 0.5) is 11.8 Å². The number of nitrogens with one attached hydrogen (secondary N) is 2. The molecule has 2 aromatic heterocycles. The Hall–Kier alpha value is -3.11. The van der Waals surface area contributed by atoms with E-state index in [1.807, 2.05) is 6.08 Å². The molecule has 3 heterocycles. The molecule has 2 unspecified atom stereocenters. The molecule has 12 heteroatoms. The van der Waals surface area contributed by atoms with Gasteiger partial charge in [-0.3, -0.25) is 9.59 Å². The molecule has 0 radical (unpaired) electrons. The molecule has 1 aliphatic heterocycles. The average Bonchev–Trinajstić information content (AvgIpc) is 3.23. The van der Waals surface area contributed by atoms with E-state index < -0.39 is 11.4 Å². The molecule has 1 fully saturated rings. The summed E-state index contributed by atoms with van der Waals surface area (Å²) in [5, 5.41) is 6.59. The van der Waals surface area contributed by atoms with E-state index in [-0.39, 0.29) is 18.4 Å². The third kappa shape index (κ3) is 5.75. The molecule has 1 saturated heterocycles. The number of hydrogen-bond acceptors (Lipinski definition) is 6. The van der Waals surface area contributed by atoms with Gasteiger partial charge < -0.3 is 24.8 Å². The second-order valence-corrected chi connectivity index (χ2v) is 9.91. The number of allylic oxidation sites excluding steroid dienone is 2. The number of pyridine rings is 1. The van der Waals surface area contributed by atoms with Gasteiger partial charge in [0.25, 0.3) is 5.91 Å². The largest absolute Gasteiger partial charge is 0.378 e. The van der Waals surface area contributed by atoms with Crippen molar-refractivity contribution in [3.8, 4) is 0 Å². The van der Waals surface area contributed by atoms with E-state index in [1.165, 1.54) is 6.20 Å². The van der Waals surface area contributed by atoms with Gasteiger partial charge in [-0.25, -0.2) is 9.97 Å². The Labute approximate surface area is 228 Å². The van der Waals surface area contributed by atoms with Crippen LogP contribution in [0.2, 0.25) is 5.02 Å². The molecule has 1 aromatic carbocycles. The highest BCUT2D eigenvalue weighted by Gasteiger charge is 2.27. The molecule has 0 bridgehead atoms. The summed E-state index contributed by atoms with van der Waals surface area (Å²) in [6, 6.07) is 7.84. The predicted molar refractivity (Wildman–Crippen MR) is 144 cm³/mol. The van der Waals surface area contributed by atoms with Gasteiger partial charge in [0.15, 0.2) is 0 Å². The number of rotatable bonds is 6. The van der Waals surface area contributed by atoms with E-state index in [9.17, 15) is 9.59 Å². The average molecular weight is 562 g/mol. The summed E-state index contributed by atoms with van der Waals surface area (Å²) in [4.78, 5) is 36.6. The zero-order chi connectivity index (χ0) is 25.9. The Morgan fingerprint density at radius 3 is 2.70 bits per heavy atom. The summed E-state index contributed by atoms with van der Waals surface area (Å²) in [5.74, 6) is 0.325. The number of morpholine rings is 1. The van der Waals surface area contributed by atoms with Gasteiger partial charge in [0.1, 0.15) is 12.4 Å². The molecule has 0 spiro atoms. The Morgan fingerprint density at radius 1 is 1.14 bits per heavy atom. The van der Waals surface area contributed by atoms with Crippen molar-refractivity contribution in [1.82, 2.24) is 19.4 Å². The lowest BCUT2D eigenvalue weighted by atomic mass is 10.1. The first-order valence-electron chi connectivity index (χ1n) is 11.6. The molecule has 2 amide bonds. The number of nitrogens with zero attached hydrogens (tertiary/aromatic N) is 4. The van der Waals surface area contributed by atoms with Crippen molar-refractivity contribution in [3.63, 3.8) is 0 Å². The fourth-order valence-corrected chi connectivity index (χ4v) is 4.93. The minimum atomic E-state index is -0.431. The van der Waals surface area contributed by atoms with Gasteiger partial charge >= 0.3 is 0 Å². The Kier molecular flexibility index (Phi) is 7.66. The van der Waals surface area contributed by atoms with Gasteiger partial charge in [0, 0.05) is 34.9 Å². The van der Waals surface area contributed by atoms with E-state index in [0.717, 1.165) is 0 Å². The molecule has 9 nitrogen and oxygen atoms in total. The second-order valence-electron chi connectivity index (χ2n) is 8.53. The molecule has 3 aromatic rings. The van der Waals surface area contributed by atoms with Gasteiger partial charge in [-0.2, -0.15) is 0 Å². The summed E-state index contributed by atoms with van der Waals surface area (Å²) in [6.07, 6.45) is 6.89. The fraction of sp³-hybridized carbons (Fsp3) is 0.280. The topological polar surface area (TPSA) is 101 Å². The lowest BCUT2D eigenvalue weighted by molar-refractivity contribution is -0.135. The van der Waals surface area contributed by atoms with Gasteiger partial charge in [-0.05, 0) is 36.4 Å². The van der Waals surface area contributed by atoms with Crippen LogP contribution in [0.15, 0.2) is 59.8 Å². The second kappa shape index (κ2) is 11.1. The molecule has 0 saturated carbocycles. The van der Waals surface area contributed by atoms with Crippen molar-refractivity contribution in [2.24, 2.45) is 0 Å². The molecular formula is C25H23Cl3N6O3. The number of anilines is 2. The Balaban J connectivity index is 1.46. The lowest BCUT2D eigenvalue weighted by Crippen LogP contribution is -2.42. The smallest absolute Gasteiger partial charge is 0.256 e. The SMILES string of the molecule is O=C(Nc1cc(Cl)ccn1)c1ccc2c(c1)nc(NC1C(Cl)=CC=CC1Cl)n2CC(=O)N1CCOCC1. The maximum absolute atomic E-state index is 13.1. The van der Waals surface area contributed by atoms with Crippen molar-refractivity contribution in [1.29, 1.82) is 0 Å². The molecule has 192 valence electrons. The van der Waals surface area contributed by atoms with Crippen molar-refractivity contribution in [2.75, 3.05) is 36.9 Å². The summed E-state index contributed by atoms with van der Waals surface area (Å²) in [6.45, 7) is 2.12. The predicted octanol–water partition coefficient (Wildman–Crippen LogP) is 4.28. The molecular weight excluding hydrogens is 539 g/mol. The first kappa shape index (κ1) is 25.5. The van der Waals surface area contributed by atoms with Crippen LogP contribution in [0.3, 0.4) is 0 Å². The molecule has 5 rings (SSSR count). The van der Waals surface area contributed by atoms with Gasteiger partial charge in [0.2, 0.25) is 11.9 Å². The van der Waals surface area contributed by atoms with Crippen LogP contribution >= 0.6 is 34.8 Å². The summed E-state index contributed by atoms with van der Waals surface area (Å²) in [5.41, 5.74) is 1.58. The van der Waals surface area contributed by atoms with E-state index in [0.29, 0.717) is 64.7 Å². The third-order valence-corrected chi connectivity index (χ3v) is 7.08. The number of carbonyl (C=O) groups is 2. The van der Waals surface area contributed by atoms with Crippen molar-refractivity contribution >= 4 is 69.4 Å². The first-order chi connectivity index (χ1) is 17.9. The Morgan fingerprint density at radius 2 is 1.95 bits per heavy atom. The molecule has 2 N–H and O–H groups in total. The lowest BCUT2D eigenvalue weighted by Gasteiger charge is -2.28. The number of ether oxygens (including phenoxy) is 1. The van der Waals surface area contributed by atoms with Gasteiger partial charge in [-0.15, -0.1) is 11.6 Å². The van der Waals surface area contributed by atoms with E-state index >= 15 is 0 Å². The standard InChI is InChI=1S/C25H23Cl3N6O3/c26-16-6-7-29-21(13-16)31-24(36)15-4-5-20-19(12-15)30-25(32-23-17(27)2-1-3-18(23)28)34(20)14-22(35)33-8-10-37-11-9-33/h1-7,12-13,17,23H,8-11,14H2,(H,30,32)(H,29,31,36). The minimum absolute atomic E-state index is 0.0493. The van der Waals surface area contributed by atoms with Crippen molar-refractivity contribution in [3.05, 3.63) is 70.4 Å². The van der Waals surface area contributed by atoms with Gasteiger partial charge in [0.05, 0.1) is 35.7 Å². The number of hydrogen-bond donors (Lipinski definition) is 2. The number of carbonyl (C=O) groups excluding carboxylic acids is 2. The number of benzene rings is 1. The number of imidazole rings is 1. The van der Waals surface area contributed by atoms with E-state index in [1.54, 1.807) is 52.0 Å². The number of amides is 2. The third-order valence-electron chi connectivity index (χ3n) is 6.08. The summed E-state index contributed by atoms with van der Waals surface area (Å²) >= 11 is 18.9. The highest BCUT2D eigenvalue weighted by molar-refractivity contribution is 6.32. The number of fused-ring (bicyclic) bond motifs is 1. The number of alkyl halides is 1. The highest BCUT2D eigenvalue weighted by atomic mass is 35.5. The minimum Gasteiger partial charge on any atom is -0.378 e. The first-order valence-corrected chi connectivity index (χ1v) is 12.8. The van der Waals surface area contributed by atoms with Crippen LogP contribution in [-0.2, 0) is 16.1 Å². The highest BCUT2D eigenvalue weighted by Crippen LogP contribution is 2.28. The quantitative estimate of drug-likeness (QED) is 0.436. The molecule has 2 aliphatic rings. The fourth-order valence-electron chi connectivity index (χ4n) is 4.16. The summed E-state index contributed by atoms with van der Waals surface area (Å²) in [7, 11) is 0. The van der Waals surface area contributed by atoms with Crippen molar-refractivity contribution in [2.45, 2.75) is 18.0 Å². The van der Waals surface area contributed by atoms with Crippen molar-refractivity contribution < 1.29 is 14.3 Å². The van der Waals surface area contributed by atoms with Crippen LogP contribution in [0.25, 0.3) is 11.0 Å². The zero-order valence-electron chi connectivity index (χ0n) is 19.5. The van der Waals surface area contributed by atoms with E-state index in [2.05, 4.69) is 15.6 Å². The number of aromatic nitrogens is 3. The molecule has 1 aliphatic carbocycles. The zero-order valence-corrected chi connectivity index (χ0v) is 21.8. The molecule has 2 atom stereocenters. The summed E-state index contributed by atoms with van der Waals surface area (Å²) < 4.78 is 7.15. The van der Waals surface area contributed by atoms with E-state index in [4.69, 9.17) is 44.5 Å². The number of halogens is 3. The normalized spacial score (nSPS) is 19.5. The van der Waals surface area contributed by atoms with Crippen LogP contribution in [0.5, 0.6) is 0 Å². The van der Waals surface area contributed by atoms with Crippen LogP contribution in [0, 0.1) is 0 Å². The maximum atomic E-state index is 13.1. The maximum Gasteiger partial charge on any atom is 0.256 e. The Bertz CT molecular complexity index is 1400. The monoisotopic (exact) mass is 560 g/mol. The van der Waals surface area contributed by atoms with Crippen LogP contribution < -0.4 is 10.6 Å². The van der Waals surface area contributed by atoms with Gasteiger partial charge in [-0.1, -0.05) is 35.4 Å². The van der Waals surface area contributed by atoms with Crippen LogP contribution in [0.1, 0.15) is 10.4 Å². The van der Waals surface area contributed by atoms with Crippen LogP contribution in [-0.4, -0.2) is 69.0 Å².